The highest BCUT2D eigenvalue weighted by Crippen LogP contribution is 2.45. The predicted octanol–water partition coefficient (Wildman–Crippen LogP) is 24.8. The lowest BCUT2D eigenvalue weighted by atomic mass is 10.0. The van der Waals surface area contributed by atoms with E-state index in [0.717, 1.165) is 109 Å². The van der Waals surface area contributed by atoms with Crippen LogP contribution in [-0.2, 0) is 65.4 Å². The van der Waals surface area contributed by atoms with Gasteiger partial charge in [-0.15, -0.1) is 0 Å². The minimum atomic E-state index is -4.97. The number of aliphatic hydroxyl groups excluding tert-OH is 1. The van der Waals surface area contributed by atoms with Crippen LogP contribution in [0.1, 0.15) is 420 Å². The molecule has 17 nitrogen and oxygen atoms in total. The number of hydrogen-bond acceptors (Lipinski definition) is 15. The lowest BCUT2D eigenvalue weighted by molar-refractivity contribution is -0.161. The highest BCUT2D eigenvalue weighted by atomic mass is 31.2. The number of aliphatic hydroxyl groups is 1. The molecular formula is C83H158O17P2. The second-order valence-electron chi connectivity index (χ2n) is 29.7. The summed E-state index contributed by atoms with van der Waals surface area (Å²) in [7, 11) is -9.93. The standard InChI is InChI=1S/C83H158O17P2/c1-6-9-12-15-18-21-24-27-30-32-33-34-36-39-42-45-48-53-59-64-69-82(87)99-78(72-93-80(85)66-61-56-51-46-43-40-38-35-31-28-25-22-19-16-13-10-7-2)74-97-101(89,90)95-70-77(84)71-96-102(91,92)98-75-79(73-94-81(86)67-62-57-54-49-50-55-60-65-76(4)5)100-83(88)68-63-58-52-47-44-41-37-29-26-23-20-17-14-11-8-3/h23,26,29,37,76-79,84H,6-22,24-25,27-28,30-36,38-75H2,1-5H3,(H,89,90)(H,91,92)/b26-23-,37-29-/t77-,78-,79-/m1/s1. The van der Waals surface area contributed by atoms with Crippen molar-refractivity contribution >= 4 is 39.5 Å². The minimum absolute atomic E-state index is 0.0847. The van der Waals surface area contributed by atoms with Crippen LogP contribution in [0.5, 0.6) is 0 Å². The molecular weight excluding hydrogens is 1330 g/mol. The Morgan fingerprint density at radius 3 is 0.804 bits per heavy atom. The smallest absolute Gasteiger partial charge is 0.462 e. The van der Waals surface area contributed by atoms with Crippen molar-refractivity contribution < 1.29 is 80.2 Å². The summed E-state index contributed by atoms with van der Waals surface area (Å²) in [6.45, 7) is 7.22. The van der Waals surface area contributed by atoms with Crippen molar-refractivity contribution in [3.8, 4) is 0 Å². The van der Waals surface area contributed by atoms with E-state index in [2.05, 4.69) is 58.9 Å². The van der Waals surface area contributed by atoms with Crippen LogP contribution in [0.2, 0.25) is 0 Å². The Labute approximate surface area is 624 Å². The van der Waals surface area contributed by atoms with Crippen molar-refractivity contribution in [2.45, 2.75) is 438 Å². The molecule has 0 aliphatic rings. The summed E-state index contributed by atoms with van der Waals surface area (Å²) in [6.07, 6.45) is 70.3. The van der Waals surface area contributed by atoms with E-state index in [0.29, 0.717) is 31.6 Å². The van der Waals surface area contributed by atoms with E-state index in [9.17, 15) is 43.2 Å². The molecule has 0 saturated carbocycles. The molecule has 602 valence electrons. The molecule has 0 aliphatic heterocycles. The van der Waals surface area contributed by atoms with Gasteiger partial charge in [0.15, 0.2) is 12.2 Å². The first-order valence-electron chi connectivity index (χ1n) is 42.5. The maximum absolute atomic E-state index is 13.1. The van der Waals surface area contributed by atoms with Crippen LogP contribution >= 0.6 is 15.6 Å². The molecule has 0 aromatic rings. The van der Waals surface area contributed by atoms with Gasteiger partial charge in [-0.1, -0.05) is 367 Å². The summed E-state index contributed by atoms with van der Waals surface area (Å²) < 4.78 is 68.7. The molecule has 0 aromatic heterocycles. The molecule has 0 bridgehead atoms. The highest BCUT2D eigenvalue weighted by molar-refractivity contribution is 7.47. The normalized spacial score (nSPS) is 14.0. The predicted molar refractivity (Wildman–Crippen MR) is 418 cm³/mol. The van der Waals surface area contributed by atoms with Crippen molar-refractivity contribution in [3.63, 3.8) is 0 Å². The summed E-state index contributed by atoms with van der Waals surface area (Å²) in [6, 6.07) is 0. The number of rotatable bonds is 81. The lowest BCUT2D eigenvalue weighted by Crippen LogP contribution is -2.30. The number of esters is 4. The number of hydrogen-bond donors (Lipinski definition) is 3. The van der Waals surface area contributed by atoms with Gasteiger partial charge >= 0.3 is 39.5 Å². The van der Waals surface area contributed by atoms with Gasteiger partial charge in [0.1, 0.15) is 19.3 Å². The van der Waals surface area contributed by atoms with Crippen molar-refractivity contribution in [3.05, 3.63) is 24.3 Å². The zero-order valence-electron chi connectivity index (χ0n) is 66.2. The molecule has 2 unspecified atom stereocenters. The molecule has 0 spiro atoms. The van der Waals surface area contributed by atoms with Gasteiger partial charge in [-0.05, 0) is 57.3 Å². The largest absolute Gasteiger partial charge is 0.472 e. The molecule has 19 heteroatoms. The number of unbranched alkanes of at least 4 members (excludes halogenated alkanes) is 50. The van der Waals surface area contributed by atoms with E-state index >= 15 is 0 Å². The van der Waals surface area contributed by atoms with Gasteiger partial charge in [0.2, 0.25) is 0 Å². The number of ether oxygens (including phenoxy) is 4. The molecule has 0 fully saturated rings. The zero-order valence-corrected chi connectivity index (χ0v) is 68.0. The van der Waals surface area contributed by atoms with Gasteiger partial charge < -0.3 is 33.8 Å². The SMILES string of the molecule is CCCCCC/C=C\C=C/CCCCCCCC(=O)O[C@H](COC(=O)CCCCCCCCCC(C)C)COP(=O)(O)OC[C@H](O)COP(=O)(O)OC[C@@H](COC(=O)CCCCCCCCCCCCCCCCCCC)OC(=O)CCCCCCCCCCCCCCCCCCCCCC. The van der Waals surface area contributed by atoms with Crippen LogP contribution in [0.15, 0.2) is 24.3 Å². The fourth-order valence-corrected chi connectivity index (χ4v) is 14.0. The lowest BCUT2D eigenvalue weighted by Gasteiger charge is -2.21. The monoisotopic (exact) mass is 1490 g/mol. The third kappa shape index (κ3) is 75.8. The first-order chi connectivity index (χ1) is 49.5. The van der Waals surface area contributed by atoms with E-state index in [4.69, 9.17) is 37.0 Å². The molecule has 0 rings (SSSR count). The van der Waals surface area contributed by atoms with E-state index in [1.807, 2.05) is 0 Å². The van der Waals surface area contributed by atoms with Crippen LogP contribution in [0.4, 0.5) is 0 Å². The van der Waals surface area contributed by atoms with Crippen molar-refractivity contribution in [1.82, 2.24) is 0 Å². The Balaban J connectivity index is 5.26. The molecule has 0 aliphatic carbocycles. The van der Waals surface area contributed by atoms with E-state index in [-0.39, 0.29) is 25.7 Å². The fourth-order valence-electron chi connectivity index (χ4n) is 12.4. The number of phosphoric acid groups is 2. The van der Waals surface area contributed by atoms with Crippen molar-refractivity contribution in [1.29, 1.82) is 0 Å². The Morgan fingerprint density at radius 1 is 0.304 bits per heavy atom. The molecule has 0 radical (unpaired) electrons. The molecule has 3 N–H and O–H groups in total. The summed E-state index contributed by atoms with van der Waals surface area (Å²) in [5.74, 6) is -1.43. The van der Waals surface area contributed by atoms with Crippen LogP contribution < -0.4 is 0 Å². The van der Waals surface area contributed by atoms with Gasteiger partial charge in [0, 0.05) is 25.7 Å². The van der Waals surface area contributed by atoms with Crippen LogP contribution in [0, 0.1) is 5.92 Å². The Hall–Kier alpha value is -2.46. The Morgan fingerprint density at radius 2 is 0.529 bits per heavy atom. The molecule has 0 saturated heterocycles. The third-order valence-corrected chi connectivity index (χ3v) is 20.8. The summed E-state index contributed by atoms with van der Waals surface area (Å²) in [4.78, 5) is 73.1. The van der Waals surface area contributed by atoms with Crippen molar-refractivity contribution in [2.75, 3.05) is 39.6 Å². The summed E-state index contributed by atoms with van der Waals surface area (Å²) in [5.41, 5.74) is 0. The second-order valence-corrected chi connectivity index (χ2v) is 32.6. The van der Waals surface area contributed by atoms with E-state index in [1.54, 1.807) is 0 Å². The maximum atomic E-state index is 13.1. The fraction of sp³-hybridized carbons (Fsp3) is 0.904. The van der Waals surface area contributed by atoms with Gasteiger partial charge in [0.25, 0.3) is 0 Å². The quantitative estimate of drug-likeness (QED) is 0.0169. The van der Waals surface area contributed by atoms with Gasteiger partial charge in [-0.3, -0.25) is 37.3 Å². The van der Waals surface area contributed by atoms with Crippen molar-refractivity contribution in [2.24, 2.45) is 5.92 Å². The number of carbonyl (C=O) groups is 4. The van der Waals surface area contributed by atoms with Crippen LogP contribution in [0.3, 0.4) is 0 Å². The first kappa shape index (κ1) is 99.5. The number of allylic oxidation sites excluding steroid dienone is 4. The highest BCUT2D eigenvalue weighted by Gasteiger charge is 2.30. The topological polar surface area (TPSA) is 237 Å². The number of phosphoric ester groups is 2. The summed E-state index contributed by atoms with van der Waals surface area (Å²) in [5, 5.41) is 10.6. The van der Waals surface area contributed by atoms with E-state index in [1.165, 1.54) is 225 Å². The maximum Gasteiger partial charge on any atom is 0.472 e. The first-order valence-corrected chi connectivity index (χ1v) is 45.4. The van der Waals surface area contributed by atoms with Crippen LogP contribution in [-0.4, -0.2) is 96.7 Å². The average molecular weight is 1490 g/mol. The molecule has 102 heavy (non-hydrogen) atoms. The zero-order chi connectivity index (χ0) is 74.8. The van der Waals surface area contributed by atoms with Gasteiger partial charge in [0.05, 0.1) is 26.4 Å². The molecule has 5 atom stereocenters. The van der Waals surface area contributed by atoms with Gasteiger partial charge in [-0.25, -0.2) is 9.13 Å². The summed E-state index contributed by atoms with van der Waals surface area (Å²) >= 11 is 0. The molecule has 0 heterocycles. The Kier molecular flexibility index (Phi) is 73.5. The van der Waals surface area contributed by atoms with E-state index < -0.39 is 97.5 Å². The Bertz CT molecular complexity index is 2040. The van der Waals surface area contributed by atoms with Gasteiger partial charge in [-0.2, -0.15) is 0 Å². The molecule has 0 aromatic carbocycles. The second kappa shape index (κ2) is 75.4. The average Bonchev–Trinajstić information content (AvgIpc) is 0.916. The number of carbonyl (C=O) groups excluding carboxylic acids is 4. The minimum Gasteiger partial charge on any atom is -0.462 e. The third-order valence-electron chi connectivity index (χ3n) is 18.9. The molecule has 0 amide bonds. The van der Waals surface area contributed by atoms with Crippen LogP contribution in [0.25, 0.3) is 0 Å².